The fraction of sp³-hybridized carbons (Fsp3) is 0.500. The first kappa shape index (κ1) is 11.2. The van der Waals surface area contributed by atoms with Crippen LogP contribution in [0.15, 0.2) is 12.3 Å². The van der Waals surface area contributed by atoms with Gasteiger partial charge in [0.1, 0.15) is 0 Å². The van der Waals surface area contributed by atoms with E-state index < -0.39 is 0 Å². The second-order valence-corrected chi connectivity index (χ2v) is 5.54. The molecule has 0 atom stereocenters. The van der Waals surface area contributed by atoms with Gasteiger partial charge in [-0.05, 0) is 37.0 Å². The van der Waals surface area contributed by atoms with Crippen molar-refractivity contribution >= 4 is 35.0 Å². The van der Waals surface area contributed by atoms with Gasteiger partial charge in [-0.3, -0.25) is 0 Å². The molecule has 0 spiro atoms. The van der Waals surface area contributed by atoms with Crippen molar-refractivity contribution in [2.45, 2.75) is 32.2 Å². The molecule has 1 fully saturated rings. The maximum Gasteiger partial charge on any atom is 0.179 e. The van der Waals surface area contributed by atoms with Gasteiger partial charge in [0.25, 0.3) is 0 Å². The van der Waals surface area contributed by atoms with Crippen LogP contribution in [0.3, 0.4) is 0 Å². The Morgan fingerprint density at radius 3 is 3.00 bits per heavy atom. The Morgan fingerprint density at radius 1 is 1.47 bits per heavy atom. The Bertz CT molecular complexity index is 595. The first-order valence-corrected chi connectivity index (χ1v) is 6.77. The third-order valence-electron chi connectivity index (χ3n) is 3.49. The topological polar surface area (TPSA) is 33.6 Å². The molecule has 1 aliphatic carbocycles. The first-order chi connectivity index (χ1) is 8.24. The van der Waals surface area contributed by atoms with E-state index in [-0.39, 0.29) is 0 Å². The summed E-state index contributed by atoms with van der Waals surface area (Å²) in [7, 11) is 0. The molecule has 0 bridgehead atoms. The zero-order valence-corrected chi connectivity index (χ0v) is 11.0. The fourth-order valence-corrected chi connectivity index (χ4v) is 3.07. The molecule has 3 rings (SSSR count). The van der Waals surface area contributed by atoms with Crippen molar-refractivity contribution in [1.82, 2.24) is 14.5 Å². The molecule has 0 aliphatic heterocycles. The van der Waals surface area contributed by atoms with Gasteiger partial charge in [0.15, 0.2) is 10.4 Å². The third kappa shape index (κ3) is 2.11. The zero-order chi connectivity index (χ0) is 11.8. The Kier molecular flexibility index (Phi) is 2.92. The molecule has 2 heterocycles. The van der Waals surface area contributed by atoms with Crippen LogP contribution in [-0.4, -0.2) is 14.5 Å². The van der Waals surface area contributed by atoms with Gasteiger partial charge in [0.2, 0.25) is 0 Å². The number of fused-ring (bicyclic) bond motifs is 1. The highest BCUT2D eigenvalue weighted by Gasteiger charge is 2.17. The van der Waals surface area contributed by atoms with Crippen molar-refractivity contribution in [3.8, 4) is 0 Å². The second-order valence-electron chi connectivity index (χ2n) is 4.72. The van der Waals surface area contributed by atoms with Crippen LogP contribution >= 0.6 is 23.8 Å². The Morgan fingerprint density at radius 2 is 2.24 bits per heavy atom. The number of hydrogen-bond donors (Lipinski definition) is 1. The summed E-state index contributed by atoms with van der Waals surface area (Å²) < 4.78 is 2.86. The number of pyridine rings is 1. The van der Waals surface area contributed by atoms with Crippen LogP contribution in [-0.2, 0) is 6.54 Å². The highest BCUT2D eigenvalue weighted by Crippen LogP contribution is 2.27. The molecule has 1 N–H and O–H groups in total. The van der Waals surface area contributed by atoms with Crippen LogP contribution < -0.4 is 0 Å². The molecule has 0 radical (unpaired) electrons. The molecule has 0 saturated heterocycles. The summed E-state index contributed by atoms with van der Waals surface area (Å²) in [6, 6.07) is 1.88. The monoisotopic (exact) mass is 267 g/mol. The Hall–Kier alpha value is -0.870. The van der Waals surface area contributed by atoms with E-state index in [2.05, 4.69) is 14.5 Å². The molecule has 17 heavy (non-hydrogen) atoms. The highest BCUT2D eigenvalue weighted by molar-refractivity contribution is 7.71. The molecule has 5 heteroatoms. The molecule has 0 amide bonds. The van der Waals surface area contributed by atoms with Crippen LogP contribution in [0.1, 0.15) is 25.7 Å². The number of halogens is 1. The van der Waals surface area contributed by atoms with E-state index in [4.69, 9.17) is 23.8 Å². The molecule has 3 nitrogen and oxygen atoms in total. The highest BCUT2D eigenvalue weighted by atomic mass is 35.5. The van der Waals surface area contributed by atoms with Gasteiger partial charge in [0.05, 0.1) is 10.5 Å². The number of hydrogen-bond acceptors (Lipinski definition) is 2. The Balaban J connectivity index is 2.02. The summed E-state index contributed by atoms with van der Waals surface area (Å²) in [5.41, 5.74) is 1.85. The first-order valence-electron chi connectivity index (χ1n) is 5.98. The van der Waals surface area contributed by atoms with E-state index in [1.165, 1.54) is 25.7 Å². The standard InChI is InChI=1S/C12H14ClN3S/c13-9-5-10-11(14-6-9)16(12(17)15-10)7-8-3-1-2-4-8/h5-6,8H,1-4,7H2,(H,15,17). The van der Waals surface area contributed by atoms with Gasteiger partial charge < -0.3 is 9.55 Å². The average Bonchev–Trinajstić information content (AvgIpc) is 2.88. The minimum Gasteiger partial charge on any atom is -0.329 e. The van der Waals surface area contributed by atoms with Crippen molar-refractivity contribution in [3.63, 3.8) is 0 Å². The summed E-state index contributed by atoms with van der Waals surface area (Å²) in [6.45, 7) is 0.980. The number of aromatic amines is 1. The number of nitrogens with zero attached hydrogens (tertiary/aromatic N) is 2. The van der Waals surface area contributed by atoms with Gasteiger partial charge in [-0.25, -0.2) is 4.98 Å². The summed E-state index contributed by atoms with van der Waals surface area (Å²) in [4.78, 5) is 7.55. The maximum atomic E-state index is 5.92. The van der Waals surface area contributed by atoms with E-state index in [0.717, 1.165) is 28.4 Å². The van der Waals surface area contributed by atoms with Crippen molar-refractivity contribution in [1.29, 1.82) is 0 Å². The van der Waals surface area contributed by atoms with E-state index in [1.807, 2.05) is 6.07 Å². The molecule has 2 aromatic heterocycles. The average molecular weight is 268 g/mol. The predicted octanol–water partition coefficient (Wildman–Crippen LogP) is 3.94. The smallest absolute Gasteiger partial charge is 0.179 e. The molecule has 1 aliphatic rings. The lowest BCUT2D eigenvalue weighted by Crippen LogP contribution is -2.07. The van der Waals surface area contributed by atoms with Crippen LogP contribution in [0.2, 0.25) is 5.02 Å². The lowest BCUT2D eigenvalue weighted by molar-refractivity contribution is 0.460. The van der Waals surface area contributed by atoms with Crippen molar-refractivity contribution in [2.24, 2.45) is 5.92 Å². The number of aromatic nitrogens is 3. The SMILES string of the molecule is S=c1[nH]c2cc(Cl)cnc2n1CC1CCCC1. The summed E-state index contributed by atoms with van der Waals surface area (Å²) in [6.07, 6.45) is 6.99. The lowest BCUT2D eigenvalue weighted by atomic mass is 10.1. The largest absolute Gasteiger partial charge is 0.329 e. The molecular formula is C12H14ClN3S. The molecule has 2 aromatic rings. The fourth-order valence-electron chi connectivity index (χ4n) is 2.64. The molecule has 0 aromatic carbocycles. The summed E-state index contributed by atoms with van der Waals surface area (Å²) in [5.74, 6) is 0.748. The molecular weight excluding hydrogens is 254 g/mol. The Labute approximate surface area is 110 Å². The van der Waals surface area contributed by atoms with E-state index in [1.54, 1.807) is 6.20 Å². The molecule has 90 valence electrons. The van der Waals surface area contributed by atoms with Gasteiger partial charge in [0, 0.05) is 12.7 Å². The van der Waals surface area contributed by atoms with Crippen LogP contribution in [0.5, 0.6) is 0 Å². The zero-order valence-electron chi connectivity index (χ0n) is 9.45. The molecule has 1 saturated carbocycles. The van der Waals surface area contributed by atoms with Crippen molar-refractivity contribution in [3.05, 3.63) is 22.1 Å². The minimum atomic E-state index is 0.641. The van der Waals surface area contributed by atoms with Crippen LogP contribution in [0.4, 0.5) is 0 Å². The molecule has 0 unspecified atom stereocenters. The van der Waals surface area contributed by atoms with Gasteiger partial charge >= 0.3 is 0 Å². The predicted molar refractivity (Wildman–Crippen MR) is 71.9 cm³/mol. The summed E-state index contributed by atoms with van der Waals surface area (Å²) in [5, 5.41) is 0.641. The second kappa shape index (κ2) is 4.42. The van der Waals surface area contributed by atoms with Gasteiger partial charge in [-0.15, -0.1) is 0 Å². The summed E-state index contributed by atoms with van der Waals surface area (Å²) >= 11 is 11.3. The lowest BCUT2D eigenvalue weighted by Gasteiger charge is -2.10. The van der Waals surface area contributed by atoms with Crippen molar-refractivity contribution in [2.75, 3.05) is 0 Å². The van der Waals surface area contributed by atoms with Crippen molar-refractivity contribution < 1.29 is 0 Å². The van der Waals surface area contributed by atoms with Crippen LogP contribution in [0.25, 0.3) is 11.2 Å². The normalized spacial score (nSPS) is 17.0. The van der Waals surface area contributed by atoms with E-state index in [0.29, 0.717) is 5.02 Å². The van der Waals surface area contributed by atoms with E-state index in [9.17, 15) is 0 Å². The number of rotatable bonds is 2. The quantitative estimate of drug-likeness (QED) is 0.837. The number of nitrogens with one attached hydrogen (secondary N) is 1. The number of imidazole rings is 1. The van der Waals surface area contributed by atoms with E-state index >= 15 is 0 Å². The number of H-pyrrole nitrogens is 1. The van der Waals surface area contributed by atoms with Crippen LogP contribution in [0, 0.1) is 10.7 Å². The maximum absolute atomic E-state index is 5.92. The minimum absolute atomic E-state index is 0.641. The van der Waals surface area contributed by atoms with Gasteiger partial charge in [-0.1, -0.05) is 24.4 Å². The van der Waals surface area contributed by atoms with Gasteiger partial charge in [-0.2, -0.15) is 0 Å². The third-order valence-corrected chi connectivity index (χ3v) is 4.02.